The van der Waals surface area contributed by atoms with Gasteiger partial charge < -0.3 is 14.8 Å². The normalized spacial score (nSPS) is 11.2. The van der Waals surface area contributed by atoms with E-state index >= 15 is 0 Å². The Labute approximate surface area is 123 Å². The van der Waals surface area contributed by atoms with E-state index in [0.29, 0.717) is 19.8 Å². The average molecular weight is 295 g/mol. The number of nitrogens with zero attached hydrogens (tertiary/aromatic N) is 2. The number of ether oxygens (including phenoxy) is 2. The molecule has 0 aliphatic heterocycles. The van der Waals surface area contributed by atoms with Crippen LogP contribution in [0.1, 0.15) is 17.6 Å². The van der Waals surface area contributed by atoms with E-state index in [0.717, 1.165) is 34.8 Å². The Morgan fingerprint density at radius 1 is 1.25 bits per heavy atom. The van der Waals surface area contributed by atoms with Gasteiger partial charge >= 0.3 is 0 Å². The van der Waals surface area contributed by atoms with Crippen molar-refractivity contribution >= 4 is 27.4 Å². The zero-order valence-electron chi connectivity index (χ0n) is 12.2. The van der Waals surface area contributed by atoms with Crippen molar-refractivity contribution in [1.29, 1.82) is 0 Å². The summed E-state index contributed by atoms with van der Waals surface area (Å²) in [6.45, 7) is 6.86. The quantitative estimate of drug-likeness (QED) is 0.759. The zero-order chi connectivity index (χ0) is 14.4. The highest BCUT2D eigenvalue weighted by atomic mass is 32.1. The minimum absolute atomic E-state index is 0.608. The smallest absolute Gasteiger partial charge is 0.138 e. The lowest BCUT2D eigenvalue weighted by atomic mass is 10.3. The fourth-order valence-electron chi connectivity index (χ4n) is 1.91. The van der Waals surface area contributed by atoms with Gasteiger partial charge in [0.25, 0.3) is 0 Å². The highest BCUT2D eigenvalue weighted by molar-refractivity contribution is 7.18. The first kappa shape index (κ1) is 15.2. The Morgan fingerprint density at radius 2 is 2.10 bits per heavy atom. The van der Waals surface area contributed by atoms with Gasteiger partial charge in [0.15, 0.2) is 0 Å². The molecule has 2 aromatic rings. The van der Waals surface area contributed by atoms with Crippen molar-refractivity contribution in [1.82, 2.24) is 9.97 Å². The zero-order valence-corrected chi connectivity index (χ0v) is 13.0. The molecule has 0 saturated carbocycles. The highest BCUT2D eigenvalue weighted by Gasteiger charge is 2.10. The first-order valence-corrected chi connectivity index (χ1v) is 7.64. The van der Waals surface area contributed by atoms with E-state index in [4.69, 9.17) is 9.47 Å². The van der Waals surface area contributed by atoms with E-state index in [1.807, 2.05) is 0 Å². The molecular formula is C14H21N3O2S. The number of methoxy groups -OCH3 is 1. The van der Waals surface area contributed by atoms with E-state index < -0.39 is 0 Å². The molecule has 0 saturated heterocycles. The predicted molar refractivity (Wildman–Crippen MR) is 82.7 cm³/mol. The molecule has 0 aliphatic rings. The molecule has 2 heterocycles. The van der Waals surface area contributed by atoms with E-state index in [1.54, 1.807) is 18.4 Å². The summed E-state index contributed by atoms with van der Waals surface area (Å²) in [7, 11) is 1.67. The number of nitrogens with one attached hydrogen (secondary N) is 1. The van der Waals surface area contributed by atoms with Gasteiger partial charge in [-0.3, -0.25) is 0 Å². The van der Waals surface area contributed by atoms with E-state index in [-0.39, 0.29) is 0 Å². The molecule has 0 aliphatic carbocycles. The van der Waals surface area contributed by atoms with Gasteiger partial charge in [-0.05, 0) is 19.9 Å². The largest absolute Gasteiger partial charge is 0.382 e. The van der Waals surface area contributed by atoms with Crippen molar-refractivity contribution < 1.29 is 9.47 Å². The Morgan fingerprint density at radius 3 is 2.85 bits per heavy atom. The van der Waals surface area contributed by atoms with E-state index in [9.17, 15) is 0 Å². The first-order chi connectivity index (χ1) is 9.74. The van der Waals surface area contributed by atoms with E-state index in [2.05, 4.69) is 35.2 Å². The molecule has 1 N–H and O–H groups in total. The molecule has 2 rings (SSSR count). The number of thiophene rings is 1. The minimum atomic E-state index is 0.608. The second kappa shape index (κ2) is 7.52. The van der Waals surface area contributed by atoms with Crippen LogP contribution in [0.3, 0.4) is 0 Å². The van der Waals surface area contributed by atoms with Crippen molar-refractivity contribution in [2.75, 3.05) is 38.8 Å². The van der Waals surface area contributed by atoms with Crippen LogP contribution in [-0.2, 0) is 15.9 Å². The van der Waals surface area contributed by atoms with Crippen LogP contribution < -0.4 is 5.32 Å². The van der Waals surface area contributed by atoms with Crippen LogP contribution in [0.5, 0.6) is 0 Å². The summed E-state index contributed by atoms with van der Waals surface area (Å²) in [5.74, 6) is 1.75. The topological polar surface area (TPSA) is 56.3 Å². The van der Waals surface area contributed by atoms with Crippen molar-refractivity contribution in [3.8, 4) is 0 Å². The fraction of sp³-hybridized carbons (Fsp3) is 0.571. The molecule has 20 heavy (non-hydrogen) atoms. The third-order valence-electron chi connectivity index (χ3n) is 2.81. The molecule has 0 aromatic carbocycles. The molecule has 6 heteroatoms. The lowest BCUT2D eigenvalue weighted by Gasteiger charge is -2.07. The van der Waals surface area contributed by atoms with Crippen LogP contribution in [0.15, 0.2) is 6.07 Å². The molecule has 0 spiro atoms. The molecule has 110 valence electrons. The van der Waals surface area contributed by atoms with Crippen LogP contribution in [0, 0.1) is 6.92 Å². The number of hydrogen-bond acceptors (Lipinski definition) is 6. The minimum Gasteiger partial charge on any atom is -0.382 e. The molecule has 0 bridgehead atoms. The van der Waals surface area contributed by atoms with Gasteiger partial charge in [0.1, 0.15) is 16.5 Å². The predicted octanol–water partition coefficient (Wildman–Crippen LogP) is 2.64. The summed E-state index contributed by atoms with van der Waals surface area (Å²) in [4.78, 5) is 11.5. The molecule has 0 radical (unpaired) electrons. The summed E-state index contributed by atoms with van der Waals surface area (Å²) in [6, 6.07) is 2.14. The molecule has 0 fully saturated rings. The lowest BCUT2D eigenvalue weighted by molar-refractivity contribution is 0.0717. The monoisotopic (exact) mass is 295 g/mol. The number of hydrogen-bond donors (Lipinski definition) is 1. The Kier molecular flexibility index (Phi) is 5.70. The number of anilines is 1. The molecule has 2 aromatic heterocycles. The molecule has 5 nitrogen and oxygen atoms in total. The molecular weight excluding hydrogens is 274 g/mol. The summed E-state index contributed by atoms with van der Waals surface area (Å²) >= 11 is 1.70. The number of aryl methyl sites for hydroxylation is 1. The van der Waals surface area contributed by atoms with Gasteiger partial charge in [-0.1, -0.05) is 0 Å². The number of rotatable bonds is 8. The number of fused-ring (bicyclic) bond motifs is 1. The summed E-state index contributed by atoms with van der Waals surface area (Å²) in [5.41, 5.74) is 0. The van der Waals surface area contributed by atoms with Crippen molar-refractivity contribution in [2.45, 2.75) is 20.3 Å². The Balaban J connectivity index is 2.08. The lowest BCUT2D eigenvalue weighted by Crippen LogP contribution is -2.08. The number of aromatic nitrogens is 2. The van der Waals surface area contributed by atoms with Gasteiger partial charge in [0.2, 0.25) is 0 Å². The van der Waals surface area contributed by atoms with Gasteiger partial charge in [-0.25, -0.2) is 9.97 Å². The van der Waals surface area contributed by atoms with Gasteiger partial charge in [-0.2, -0.15) is 0 Å². The van der Waals surface area contributed by atoms with E-state index in [1.165, 1.54) is 4.88 Å². The van der Waals surface area contributed by atoms with Gasteiger partial charge in [0.05, 0.1) is 25.2 Å². The van der Waals surface area contributed by atoms with Gasteiger partial charge in [0, 0.05) is 25.0 Å². The van der Waals surface area contributed by atoms with Gasteiger partial charge in [-0.15, -0.1) is 11.3 Å². The maximum atomic E-state index is 5.47. The van der Waals surface area contributed by atoms with Crippen LogP contribution in [0.2, 0.25) is 0 Å². The maximum Gasteiger partial charge on any atom is 0.138 e. The Bertz CT molecular complexity index is 557. The maximum absolute atomic E-state index is 5.47. The summed E-state index contributed by atoms with van der Waals surface area (Å²) < 4.78 is 10.4. The SMILES string of the molecule is CCNc1nc(CCOCCOC)nc2sc(C)cc12. The van der Waals surface area contributed by atoms with Crippen LogP contribution in [0.25, 0.3) is 10.2 Å². The fourth-order valence-corrected chi connectivity index (χ4v) is 2.81. The van der Waals surface area contributed by atoms with Crippen LogP contribution >= 0.6 is 11.3 Å². The van der Waals surface area contributed by atoms with Crippen molar-refractivity contribution in [3.05, 3.63) is 16.8 Å². The first-order valence-electron chi connectivity index (χ1n) is 6.82. The average Bonchev–Trinajstić information content (AvgIpc) is 2.79. The van der Waals surface area contributed by atoms with Crippen molar-refractivity contribution in [3.63, 3.8) is 0 Å². The third kappa shape index (κ3) is 3.88. The second-order valence-corrected chi connectivity index (χ2v) is 5.68. The molecule has 0 unspecified atom stereocenters. The summed E-state index contributed by atoms with van der Waals surface area (Å²) in [6.07, 6.45) is 0.717. The summed E-state index contributed by atoms with van der Waals surface area (Å²) in [5, 5.41) is 4.42. The Hall–Kier alpha value is -1.24. The second-order valence-electron chi connectivity index (χ2n) is 4.45. The highest BCUT2D eigenvalue weighted by Crippen LogP contribution is 2.28. The van der Waals surface area contributed by atoms with Crippen molar-refractivity contribution in [2.24, 2.45) is 0 Å². The molecule has 0 amide bonds. The third-order valence-corrected chi connectivity index (χ3v) is 3.75. The standard InChI is InChI=1S/C14H21N3O2S/c1-4-15-13-11-9-10(2)20-14(11)17-12(16-13)5-6-19-8-7-18-3/h9H,4-8H2,1-3H3,(H,15,16,17). The molecule has 0 atom stereocenters. The van der Waals surface area contributed by atoms with Crippen LogP contribution in [0.4, 0.5) is 5.82 Å². The van der Waals surface area contributed by atoms with Crippen LogP contribution in [-0.4, -0.2) is 43.4 Å².